The van der Waals surface area contributed by atoms with Crippen molar-refractivity contribution in [1.82, 2.24) is 15.0 Å². The third-order valence-corrected chi connectivity index (χ3v) is 4.36. The number of aryl methyl sites for hydroxylation is 2. The minimum atomic E-state index is 0.525. The van der Waals surface area contributed by atoms with Gasteiger partial charge in [0.25, 0.3) is 0 Å². The summed E-state index contributed by atoms with van der Waals surface area (Å²) < 4.78 is 5.77. The van der Waals surface area contributed by atoms with Crippen LogP contribution in [-0.4, -0.2) is 22.0 Å². The molecule has 134 valence electrons. The van der Waals surface area contributed by atoms with Crippen LogP contribution in [0.25, 0.3) is 0 Å². The Labute approximate surface area is 158 Å². The lowest BCUT2D eigenvalue weighted by molar-refractivity contribution is 0.305. The molecule has 0 aliphatic rings. The fraction of sp³-hybridized carbons (Fsp3) is 0.250. The summed E-state index contributed by atoms with van der Waals surface area (Å²) in [5.41, 5.74) is 2.81. The summed E-state index contributed by atoms with van der Waals surface area (Å²) in [7, 11) is 1.94. The SMILES string of the molecule is Cc1nc(C)c(Cl)c(N(C)Cc2ccc(OCc3ccccc3)cn2)n1. The molecule has 3 rings (SSSR count). The molecule has 0 bridgehead atoms. The van der Waals surface area contributed by atoms with Crippen molar-refractivity contribution in [1.29, 1.82) is 0 Å². The minimum Gasteiger partial charge on any atom is -0.487 e. The summed E-state index contributed by atoms with van der Waals surface area (Å²) in [6.45, 7) is 4.86. The molecule has 0 N–H and O–H groups in total. The second kappa shape index (κ2) is 8.15. The van der Waals surface area contributed by atoms with Gasteiger partial charge in [-0.05, 0) is 31.5 Å². The van der Waals surface area contributed by atoms with Crippen molar-refractivity contribution in [2.45, 2.75) is 27.0 Å². The van der Waals surface area contributed by atoms with E-state index in [1.165, 1.54) is 0 Å². The average Bonchev–Trinajstić information content (AvgIpc) is 2.65. The zero-order chi connectivity index (χ0) is 18.5. The maximum Gasteiger partial charge on any atom is 0.151 e. The van der Waals surface area contributed by atoms with E-state index in [9.17, 15) is 0 Å². The van der Waals surface area contributed by atoms with Crippen molar-refractivity contribution in [3.8, 4) is 5.75 Å². The Bertz CT molecular complexity index is 869. The quantitative estimate of drug-likeness (QED) is 0.647. The number of hydrogen-bond acceptors (Lipinski definition) is 5. The van der Waals surface area contributed by atoms with Crippen LogP contribution in [0.15, 0.2) is 48.7 Å². The van der Waals surface area contributed by atoms with Crippen LogP contribution in [0, 0.1) is 13.8 Å². The van der Waals surface area contributed by atoms with Gasteiger partial charge in [0.05, 0.1) is 24.1 Å². The van der Waals surface area contributed by atoms with Gasteiger partial charge in [0.15, 0.2) is 5.82 Å². The van der Waals surface area contributed by atoms with Gasteiger partial charge < -0.3 is 9.64 Å². The molecule has 0 unspecified atom stereocenters. The topological polar surface area (TPSA) is 51.1 Å². The van der Waals surface area contributed by atoms with Crippen LogP contribution in [0.1, 0.15) is 22.8 Å². The number of anilines is 1. The maximum absolute atomic E-state index is 6.34. The number of halogens is 1. The predicted octanol–water partition coefficient (Wildman–Crippen LogP) is 4.36. The van der Waals surface area contributed by atoms with E-state index in [4.69, 9.17) is 16.3 Å². The van der Waals surface area contributed by atoms with E-state index in [0.29, 0.717) is 29.8 Å². The molecule has 0 fully saturated rings. The lowest BCUT2D eigenvalue weighted by atomic mass is 10.2. The molecule has 0 saturated heterocycles. The van der Waals surface area contributed by atoms with Gasteiger partial charge in [-0.2, -0.15) is 0 Å². The first-order valence-electron chi connectivity index (χ1n) is 8.36. The molecule has 1 aromatic carbocycles. The fourth-order valence-electron chi connectivity index (χ4n) is 2.58. The van der Waals surface area contributed by atoms with Gasteiger partial charge in [-0.3, -0.25) is 4.98 Å². The molecule has 0 saturated carbocycles. The minimum absolute atomic E-state index is 0.525. The van der Waals surface area contributed by atoms with Crippen molar-refractivity contribution >= 4 is 17.4 Å². The van der Waals surface area contributed by atoms with Crippen molar-refractivity contribution in [2.24, 2.45) is 0 Å². The lowest BCUT2D eigenvalue weighted by Gasteiger charge is -2.20. The van der Waals surface area contributed by atoms with Gasteiger partial charge in [0, 0.05) is 7.05 Å². The summed E-state index contributed by atoms with van der Waals surface area (Å²) in [5, 5.41) is 0.570. The molecule has 5 nitrogen and oxygen atoms in total. The normalized spacial score (nSPS) is 10.6. The molecule has 2 heterocycles. The molecule has 0 radical (unpaired) electrons. The lowest BCUT2D eigenvalue weighted by Crippen LogP contribution is -2.20. The van der Waals surface area contributed by atoms with E-state index in [1.807, 2.05) is 68.3 Å². The number of rotatable bonds is 6. The second-order valence-corrected chi connectivity index (χ2v) is 6.49. The Morgan fingerprint density at radius 2 is 1.81 bits per heavy atom. The molecule has 0 spiro atoms. The van der Waals surface area contributed by atoms with Gasteiger partial charge in [0.1, 0.15) is 23.2 Å². The predicted molar refractivity (Wildman–Crippen MR) is 104 cm³/mol. The summed E-state index contributed by atoms with van der Waals surface area (Å²) >= 11 is 6.34. The van der Waals surface area contributed by atoms with E-state index >= 15 is 0 Å². The Morgan fingerprint density at radius 3 is 2.50 bits per heavy atom. The third-order valence-electron chi connectivity index (χ3n) is 3.92. The Kier molecular flexibility index (Phi) is 5.68. The van der Waals surface area contributed by atoms with Crippen molar-refractivity contribution < 1.29 is 4.74 Å². The fourth-order valence-corrected chi connectivity index (χ4v) is 2.81. The molecule has 2 aromatic heterocycles. The van der Waals surface area contributed by atoms with E-state index in [-0.39, 0.29) is 0 Å². The number of benzene rings is 1. The summed E-state index contributed by atoms with van der Waals surface area (Å²) in [4.78, 5) is 15.2. The highest BCUT2D eigenvalue weighted by Gasteiger charge is 2.13. The zero-order valence-corrected chi connectivity index (χ0v) is 15.9. The Balaban J connectivity index is 1.64. The van der Waals surface area contributed by atoms with E-state index in [2.05, 4.69) is 15.0 Å². The molecular formula is C20H21ClN4O. The second-order valence-electron chi connectivity index (χ2n) is 6.11. The Hall–Kier alpha value is -2.66. The molecule has 26 heavy (non-hydrogen) atoms. The summed E-state index contributed by atoms with van der Waals surface area (Å²) in [5.74, 6) is 2.15. The Morgan fingerprint density at radius 1 is 1.04 bits per heavy atom. The largest absolute Gasteiger partial charge is 0.487 e. The molecule has 0 aliphatic heterocycles. The van der Waals surface area contributed by atoms with Crippen molar-refractivity contribution in [2.75, 3.05) is 11.9 Å². The smallest absolute Gasteiger partial charge is 0.151 e. The van der Waals surface area contributed by atoms with Gasteiger partial charge in [-0.1, -0.05) is 41.9 Å². The summed E-state index contributed by atoms with van der Waals surface area (Å²) in [6.07, 6.45) is 1.74. The van der Waals surface area contributed by atoms with Crippen LogP contribution in [0.5, 0.6) is 5.75 Å². The van der Waals surface area contributed by atoms with E-state index in [0.717, 1.165) is 22.7 Å². The van der Waals surface area contributed by atoms with E-state index < -0.39 is 0 Å². The van der Waals surface area contributed by atoms with Crippen LogP contribution in [0.4, 0.5) is 5.82 Å². The standard InChI is InChI=1S/C20H21ClN4O/c1-14-19(21)20(24-15(2)23-14)25(3)12-17-9-10-18(11-22-17)26-13-16-7-5-4-6-8-16/h4-11H,12-13H2,1-3H3. The molecule has 3 aromatic rings. The first-order valence-corrected chi connectivity index (χ1v) is 8.74. The number of ether oxygens (including phenoxy) is 1. The molecule has 0 amide bonds. The average molecular weight is 369 g/mol. The van der Waals surface area contributed by atoms with Crippen LogP contribution < -0.4 is 9.64 Å². The highest BCUT2D eigenvalue weighted by Crippen LogP contribution is 2.26. The maximum atomic E-state index is 6.34. The van der Waals surface area contributed by atoms with Gasteiger partial charge in [-0.25, -0.2) is 9.97 Å². The molecule has 0 aliphatic carbocycles. The van der Waals surface area contributed by atoms with Crippen molar-refractivity contribution in [3.63, 3.8) is 0 Å². The highest BCUT2D eigenvalue weighted by molar-refractivity contribution is 6.33. The van der Waals surface area contributed by atoms with Crippen LogP contribution in [0.3, 0.4) is 0 Å². The zero-order valence-electron chi connectivity index (χ0n) is 15.1. The molecule has 6 heteroatoms. The van der Waals surface area contributed by atoms with Gasteiger partial charge in [-0.15, -0.1) is 0 Å². The van der Waals surface area contributed by atoms with Gasteiger partial charge in [0.2, 0.25) is 0 Å². The van der Waals surface area contributed by atoms with Crippen LogP contribution >= 0.6 is 11.6 Å². The number of aromatic nitrogens is 3. The third kappa shape index (κ3) is 4.49. The van der Waals surface area contributed by atoms with Crippen molar-refractivity contribution in [3.05, 3.63) is 76.5 Å². The number of pyridine rings is 1. The van der Waals surface area contributed by atoms with Crippen LogP contribution in [-0.2, 0) is 13.2 Å². The molecular weight excluding hydrogens is 348 g/mol. The first kappa shape index (κ1) is 18.1. The summed E-state index contributed by atoms with van der Waals surface area (Å²) in [6, 6.07) is 13.9. The first-order chi connectivity index (χ1) is 12.5. The molecule has 0 atom stereocenters. The number of hydrogen-bond donors (Lipinski definition) is 0. The monoisotopic (exact) mass is 368 g/mol. The highest BCUT2D eigenvalue weighted by atomic mass is 35.5. The van der Waals surface area contributed by atoms with Gasteiger partial charge >= 0.3 is 0 Å². The number of nitrogens with zero attached hydrogens (tertiary/aromatic N) is 4. The van der Waals surface area contributed by atoms with E-state index in [1.54, 1.807) is 6.20 Å². The van der Waals surface area contributed by atoms with Crippen LogP contribution in [0.2, 0.25) is 5.02 Å².